The maximum Gasteiger partial charge on any atom is 0.335 e. The Bertz CT molecular complexity index is 458. The number of hydrogen-bond donors (Lipinski definition) is 1. The van der Waals surface area contributed by atoms with E-state index in [9.17, 15) is 10.1 Å². The maximum atomic E-state index is 10.7. The van der Waals surface area contributed by atoms with Crippen molar-refractivity contribution < 1.29 is 4.92 Å². The first-order valence-electron chi connectivity index (χ1n) is 3.89. The first kappa shape index (κ1) is 8.42. The Hall–Kier alpha value is -2.18. The maximum absolute atomic E-state index is 10.7. The fraction of sp³-hybridized carbons (Fsp3) is 0.143. The zero-order valence-corrected chi connectivity index (χ0v) is 7.34. The molecule has 2 aromatic heterocycles. The molecule has 0 aliphatic heterocycles. The van der Waals surface area contributed by atoms with Gasteiger partial charge in [0.2, 0.25) is 0 Å². The van der Waals surface area contributed by atoms with E-state index in [1.807, 2.05) is 0 Å². The van der Waals surface area contributed by atoms with E-state index >= 15 is 0 Å². The minimum atomic E-state index is -0.476. The van der Waals surface area contributed by atoms with Crippen LogP contribution in [0.25, 0.3) is 5.82 Å². The number of aryl methyl sites for hydroxylation is 1. The van der Waals surface area contributed by atoms with Gasteiger partial charge in [-0.05, 0) is 13.0 Å². The second-order valence-corrected chi connectivity index (χ2v) is 2.73. The third kappa shape index (κ3) is 1.15. The predicted molar refractivity (Wildman–Crippen MR) is 47.1 cm³/mol. The monoisotopic (exact) mass is 193 g/mol. The average Bonchev–Trinajstić information content (AvgIpc) is 2.70. The van der Waals surface area contributed by atoms with Gasteiger partial charge >= 0.3 is 5.69 Å². The summed E-state index contributed by atoms with van der Waals surface area (Å²) >= 11 is 0. The van der Waals surface area contributed by atoms with Crippen molar-refractivity contribution in [3.05, 3.63) is 34.3 Å². The molecule has 0 spiro atoms. The fourth-order valence-corrected chi connectivity index (χ4v) is 1.18. The molecular formula is C7H7N5O2. The van der Waals surface area contributed by atoms with Crippen LogP contribution in [0.4, 0.5) is 5.69 Å². The highest BCUT2D eigenvalue weighted by Gasteiger charge is 2.22. The van der Waals surface area contributed by atoms with E-state index < -0.39 is 4.92 Å². The lowest BCUT2D eigenvalue weighted by Gasteiger charge is -1.94. The Balaban J connectivity index is 2.60. The zero-order chi connectivity index (χ0) is 10.1. The molecule has 0 atom stereocenters. The Labute approximate surface area is 78.5 Å². The minimum Gasteiger partial charge on any atom is -0.273 e. The van der Waals surface area contributed by atoms with E-state index in [2.05, 4.69) is 15.3 Å². The number of rotatable bonds is 2. The van der Waals surface area contributed by atoms with Crippen LogP contribution in [-0.4, -0.2) is 24.9 Å². The SMILES string of the molecule is Cc1[nH]nc(-n2cccn2)c1[N+](=O)[O-]. The van der Waals surface area contributed by atoms with Crippen LogP contribution < -0.4 is 0 Å². The van der Waals surface area contributed by atoms with Gasteiger partial charge in [0.15, 0.2) is 0 Å². The summed E-state index contributed by atoms with van der Waals surface area (Å²) in [5.41, 5.74) is 0.370. The van der Waals surface area contributed by atoms with E-state index in [1.54, 1.807) is 19.2 Å². The summed E-state index contributed by atoms with van der Waals surface area (Å²) in [5.74, 6) is 0.206. The van der Waals surface area contributed by atoms with E-state index in [0.29, 0.717) is 5.69 Å². The topological polar surface area (TPSA) is 89.6 Å². The molecule has 7 heteroatoms. The fourth-order valence-electron chi connectivity index (χ4n) is 1.18. The molecule has 0 bridgehead atoms. The summed E-state index contributed by atoms with van der Waals surface area (Å²) in [7, 11) is 0. The van der Waals surface area contributed by atoms with Crippen molar-refractivity contribution in [1.82, 2.24) is 20.0 Å². The van der Waals surface area contributed by atoms with Crippen LogP contribution in [0.1, 0.15) is 5.69 Å². The van der Waals surface area contributed by atoms with Gasteiger partial charge in [-0.15, -0.1) is 5.10 Å². The van der Waals surface area contributed by atoms with Crippen LogP contribution in [0.3, 0.4) is 0 Å². The predicted octanol–water partition coefficient (Wildman–Crippen LogP) is 0.812. The van der Waals surface area contributed by atoms with E-state index in [-0.39, 0.29) is 11.5 Å². The highest BCUT2D eigenvalue weighted by Crippen LogP contribution is 2.22. The van der Waals surface area contributed by atoms with Crippen molar-refractivity contribution in [2.75, 3.05) is 0 Å². The Morgan fingerprint density at radius 3 is 3.00 bits per heavy atom. The van der Waals surface area contributed by atoms with E-state index in [4.69, 9.17) is 0 Å². The second kappa shape index (κ2) is 2.95. The number of aromatic nitrogens is 4. The average molecular weight is 193 g/mol. The lowest BCUT2D eigenvalue weighted by atomic mass is 10.4. The van der Waals surface area contributed by atoms with Crippen molar-refractivity contribution in [2.24, 2.45) is 0 Å². The first-order valence-corrected chi connectivity index (χ1v) is 3.89. The van der Waals surface area contributed by atoms with Gasteiger partial charge in [0.05, 0.1) is 4.92 Å². The molecule has 7 nitrogen and oxygen atoms in total. The molecule has 0 unspecified atom stereocenters. The number of nitrogens with zero attached hydrogens (tertiary/aromatic N) is 4. The summed E-state index contributed by atoms with van der Waals surface area (Å²) in [6, 6.07) is 1.67. The molecule has 0 aromatic carbocycles. The van der Waals surface area contributed by atoms with Gasteiger partial charge in [0.1, 0.15) is 5.69 Å². The van der Waals surface area contributed by atoms with Crippen molar-refractivity contribution in [3.63, 3.8) is 0 Å². The van der Waals surface area contributed by atoms with Crippen LogP contribution in [0, 0.1) is 17.0 Å². The molecular weight excluding hydrogens is 186 g/mol. The van der Waals surface area contributed by atoms with E-state index in [0.717, 1.165) is 0 Å². The standard InChI is InChI=1S/C7H7N5O2/c1-5-6(12(13)14)7(10-9-5)11-4-2-3-8-11/h2-4H,1H3,(H,9,10). The minimum absolute atomic E-state index is 0.0475. The highest BCUT2D eigenvalue weighted by atomic mass is 16.6. The van der Waals surface area contributed by atoms with Crippen molar-refractivity contribution in [2.45, 2.75) is 6.92 Å². The van der Waals surface area contributed by atoms with Crippen molar-refractivity contribution >= 4 is 5.69 Å². The summed E-state index contributed by atoms with van der Waals surface area (Å²) < 4.78 is 1.35. The van der Waals surface area contributed by atoms with Gasteiger partial charge in [-0.2, -0.15) is 5.10 Å². The number of aromatic amines is 1. The number of nitro groups is 1. The summed E-state index contributed by atoms with van der Waals surface area (Å²) in [6.45, 7) is 1.60. The van der Waals surface area contributed by atoms with Crippen LogP contribution in [0.5, 0.6) is 0 Å². The number of H-pyrrole nitrogens is 1. The molecule has 0 saturated heterocycles. The number of hydrogen-bond acceptors (Lipinski definition) is 4. The van der Waals surface area contributed by atoms with Crippen LogP contribution >= 0.6 is 0 Å². The molecule has 72 valence electrons. The molecule has 0 radical (unpaired) electrons. The molecule has 0 aliphatic rings. The molecule has 0 saturated carbocycles. The van der Waals surface area contributed by atoms with E-state index in [1.165, 1.54) is 10.9 Å². The molecule has 2 aromatic rings. The van der Waals surface area contributed by atoms with Gasteiger partial charge in [-0.1, -0.05) is 0 Å². The molecule has 2 heterocycles. The summed E-state index contributed by atoms with van der Waals surface area (Å²) in [6.07, 6.45) is 3.14. The van der Waals surface area contributed by atoms with Crippen LogP contribution in [0.15, 0.2) is 18.5 Å². The van der Waals surface area contributed by atoms with Gasteiger partial charge in [-0.3, -0.25) is 15.2 Å². The summed E-state index contributed by atoms with van der Waals surface area (Å²) in [5, 5.41) is 20.9. The lowest BCUT2D eigenvalue weighted by molar-refractivity contribution is -0.385. The number of nitrogens with one attached hydrogen (secondary N) is 1. The van der Waals surface area contributed by atoms with Gasteiger partial charge < -0.3 is 0 Å². The van der Waals surface area contributed by atoms with Crippen LogP contribution in [-0.2, 0) is 0 Å². The first-order chi connectivity index (χ1) is 6.70. The normalized spacial score (nSPS) is 10.4. The Morgan fingerprint density at radius 2 is 2.43 bits per heavy atom. The molecule has 0 fully saturated rings. The summed E-state index contributed by atoms with van der Waals surface area (Å²) in [4.78, 5) is 10.2. The quantitative estimate of drug-likeness (QED) is 0.564. The molecule has 0 aliphatic carbocycles. The van der Waals surface area contributed by atoms with Crippen LogP contribution in [0.2, 0.25) is 0 Å². The zero-order valence-electron chi connectivity index (χ0n) is 7.34. The second-order valence-electron chi connectivity index (χ2n) is 2.73. The molecule has 2 rings (SSSR count). The Morgan fingerprint density at radius 1 is 1.64 bits per heavy atom. The molecule has 14 heavy (non-hydrogen) atoms. The highest BCUT2D eigenvalue weighted by molar-refractivity contribution is 5.49. The lowest BCUT2D eigenvalue weighted by Crippen LogP contribution is -1.99. The molecule has 0 amide bonds. The van der Waals surface area contributed by atoms with Gasteiger partial charge in [-0.25, -0.2) is 4.68 Å². The van der Waals surface area contributed by atoms with Gasteiger partial charge in [0, 0.05) is 12.4 Å². The molecule has 1 N–H and O–H groups in total. The van der Waals surface area contributed by atoms with Gasteiger partial charge in [0.25, 0.3) is 5.82 Å². The largest absolute Gasteiger partial charge is 0.335 e. The Kier molecular flexibility index (Phi) is 1.77. The third-order valence-electron chi connectivity index (χ3n) is 1.80. The van der Waals surface area contributed by atoms with Crippen molar-refractivity contribution in [3.8, 4) is 5.82 Å². The third-order valence-corrected chi connectivity index (χ3v) is 1.80. The smallest absolute Gasteiger partial charge is 0.273 e. The van der Waals surface area contributed by atoms with Crippen molar-refractivity contribution in [1.29, 1.82) is 0 Å².